The monoisotopic (exact) mass is 812 g/mol. The SMILES string of the molecule is CC(C)(c1ccc(-c2cc(F)c(C(F)(F)Oc3cc(F)c(F)c(F)c3)c(F)c2)cc1)c1ccc(-c2cc(F)c(C(F)(F)Oc3cc(F)c(F)c(F)c3)c(F)c2)cc1. The van der Waals surface area contributed by atoms with Crippen molar-refractivity contribution in [1.29, 1.82) is 0 Å². The third-order valence-corrected chi connectivity index (χ3v) is 8.95. The lowest BCUT2D eigenvalue weighted by Crippen LogP contribution is -2.25. The van der Waals surface area contributed by atoms with Gasteiger partial charge >= 0.3 is 12.2 Å². The molecule has 2 nitrogen and oxygen atoms in total. The summed E-state index contributed by atoms with van der Waals surface area (Å²) in [6.07, 6.45) is -9.56. The van der Waals surface area contributed by atoms with E-state index in [9.17, 15) is 61.5 Å². The summed E-state index contributed by atoms with van der Waals surface area (Å²) in [6.45, 7) is 3.56. The summed E-state index contributed by atoms with van der Waals surface area (Å²) >= 11 is 0. The summed E-state index contributed by atoms with van der Waals surface area (Å²) in [4.78, 5) is 0. The molecular formula is C41H22F14O2. The van der Waals surface area contributed by atoms with Crippen LogP contribution in [0.2, 0.25) is 0 Å². The van der Waals surface area contributed by atoms with Crippen molar-refractivity contribution >= 4 is 0 Å². The van der Waals surface area contributed by atoms with Crippen LogP contribution in [0.4, 0.5) is 61.5 Å². The number of benzene rings is 6. The van der Waals surface area contributed by atoms with Crippen molar-refractivity contribution in [2.24, 2.45) is 0 Å². The first kappa shape index (κ1) is 40.6. The van der Waals surface area contributed by atoms with Crippen molar-refractivity contribution in [1.82, 2.24) is 0 Å². The van der Waals surface area contributed by atoms with E-state index in [-0.39, 0.29) is 46.5 Å². The van der Waals surface area contributed by atoms with Gasteiger partial charge in [0.2, 0.25) is 0 Å². The Morgan fingerprint density at radius 3 is 0.877 bits per heavy atom. The van der Waals surface area contributed by atoms with Crippen molar-refractivity contribution in [3.63, 3.8) is 0 Å². The standard InChI is InChI=1S/C41H22F14O2/c1-39(2,23-7-3-19(4-8-23)21-11-27(42)35(28(43)12-21)40(52,53)56-25-15-31(46)37(50)32(47)16-25)24-9-5-20(6-10-24)22-13-29(44)36(30(45)14-22)41(54,55)57-26-17-33(48)38(51)34(49)18-26/h3-18H,1-2H3. The van der Waals surface area contributed by atoms with E-state index in [1.807, 2.05) is 0 Å². The highest BCUT2D eigenvalue weighted by Gasteiger charge is 2.43. The van der Waals surface area contributed by atoms with Crippen molar-refractivity contribution in [3.05, 3.63) is 177 Å². The summed E-state index contributed by atoms with van der Waals surface area (Å²) in [5.74, 6) is -21.0. The molecule has 0 bridgehead atoms. The van der Waals surface area contributed by atoms with Gasteiger partial charge in [0.15, 0.2) is 34.9 Å². The fourth-order valence-corrected chi connectivity index (χ4v) is 5.94. The Morgan fingerprint density at radius 2 is 0.614 bits per heavy atom. The predicted molar refractivity (Wildman–Crippen MR) is 177 cm³/mol. The maximum atomic E-state index is 15.0. The topological polar surface area (TPSA) is 18.5 Å². The van der Waals surface area contributed by atoms with E-state index in [0.717, 1.165) is 0 Å². The Balaban J connectivity index is 1.19. The summed E-state index contributed by atoms with van der Waals surface area (Å²) in [6, 6.07) is 14.7. The van der Waals surface area contributed by atoms with E-state index in [1.165, 1.54) is 24.3 Å². The first-order chi connectivity index (χ1) is 26.6. The van der Waals surface area contributed by atoms with E-state index in [0.29, 0.717) is 35.4 Å². The van der Waals surface area contributed by atoms with Gasteiger partial charge in [0, 0.05) is 29.7 Å². The highest BCUT2D eigenvalue weighted by Crippen LogP contribution is 2.41. The number of ether oxygens (including phenoxy) is 2. The zero-order valence-corrected chi connectivity index (χ0v) is 28.8. The maximum absolute atomic E-state index is 15.0. The molecule has 0 saturated carbocycles. The minimum atomic E-state index is -4.78. The van der Waals surface area contributed by atoms with Gasteiger partial charge in [0.05, 0.1) is 0 Å². The average molecular weight is 813 g/mol. The lowest BCUT2D eigenvalue weighted by molar-refractivity contribution is -0.190. The molecule has 6 aromatic carbocycles. The molecule has 0 aliphatic rings. The van der Waals surface area contributed by atoms with Crippen LogP contribution in [0.5, 0.6) is 11.5 Å². The lowest BCUT2D eigenvalue weighted by atomic mass is 9.77. The second-order valence-electron chi connectivity index (χ2n) is 13.0. The number of hydrogen-bond acceptors (Lipinski definition) is 2. The Morgan fingerprint density at radius 1 is 0.351 bits per heavy atom. The van der Waals surface area contributed by atoms with Gasteiger partial charge in [-0.3, -0.25) is 0 Å². The van der Waals surface area contributed by atoms with Crippen LogP contribution in [0, 0.1) is 58.2 Å². The van der Waals surface area contributed by atoms with Crippen LogP contribution in [-0.2, 0) is 17.6 Å². The highest BCUT2D eigenvalue weighted by molar-refractivity contribution is 5.67. The molecule has 57 heavy (non-hydrogen) atoms. The molecule has 0 fully saturated rings. The van der Waals surface area contributed by atoms with Gasteiger partial charge in [0.25, 0.3) is 0 Å². The zero-order valence-electron chi connectivity index (χ0n) is 28.8. The van der Waals surface area contributed by atoms with E-state index in [1.54, 1.807) is 38.1 Å². The zero-order chi connectivity index (χ0) is 41.8. The van der Waals surface area contributed by atoms with Gasteiger partial charge in [0.1, 0.15) is 45.9 Å². The highest BCUT2D eigenvalue weighted by atomic mass is 19.3. The van der Waals surface area contributed by atoms with Crippen LogP contribution >= 0.6 is 0 Å². The fourth-order valence-electron chi connectivity index (χ4n) is 5.94. The summed E-state index contributed by atoms with van der Waals surface area (Å²) in [5, 5.41) is 0. The van der Waals surface area contributed by atoms with Gasteiger partial charge < -0.3 is 9.47 Å². The Kier molecular flexibility index (Phi) is 10.5. The molecule has 0 aromatic heterocycles. The van der Waals surface area contributed by atoms with Crippen LogP contribution in [0.3, 0.4) is 0 Å². The molecule has 0 spiro atoms. The van der Waals surface area contributed by atoms with Crippen LogP contribution in [-0.4, -0.2) is 0 Å². The molecule has 6 aromatic rings. The molecule has 0 amide bonds. The molecule has 0 saturated heterocycles. The molecule has 16 heteroatoms. The Hall–Kier alpha value is -6.06. The van der Waals surface area contributed by atoms with Gasteiger partial charge in [-0.05, 0) is 57.6 Å². The molecule has 0 aliphatic heterocycles. The molecule has 0 radical (unpaired) electrons. The van der Waals surface area contributed by atoms with E-state index in [4.69, 9.17) is 0 Å². The van der Waals surface area contributed by atoms with Crippen molar-refractivity contribution < 1.29 is 70.9 Å². The van der Waals surface area contributed by atoms with Gasteiger partial charge in [-0.25, -0.2) is 43.9 Å². The van der Waals surface area contributed by atoms with Gasteiger partial charge in [-0.2, -0.15) is 17.6 Å². The predicted octanol–water partition coefficient (Wildman–Crippen LogP) is 13.0. The molecule has 0 unspecified atom stereocenters. The number of rotatable bonds is 10. The molecule has 0 aliphatic carbocycles. The molecule has 0 N–H and O–H groups in total. The van der Waals surface area contributed by atoms with Crippen LogP contribution in [0.25, 0.3) is 22.3 Å². The van der Waals surface area contributed by atoms with Crippen LogP contribution in [0.1, 0.15) is 36.1 Å². The number of halogens is 14. The third kappa shape index (κ3) is 7.98. The van der Waals surface area contributed by atoms with Crippen molar-refractivity contribution in [3.8, 4) is 33.8 Å². The smallest absolute Gasteiger partial charge is 0.429 e. The molecule has 0 atom stereocenters. The van der Waals surface area contributed by atoms with E-state index in [2.05, 4.69) is 9.47 Å². The van der Waals surface area contributed by atoms with Crippen LogP contribution < -0.4 is 9.47 Å². The van der Waals surface area contributed by atoms with Crippen molar-refractivity contribution in [2.45, 2.75) is 31.5 Å². The lowest BCUT2D eigenvalue weighted by Gasteiger charge is -2.27. The first-order valence-corrected chi connectivity index (χ1v) is 16.2. The molecule has 296 valence electrons. The number of alkyl halides is 4. The third-order valence-electron chi connectivity index (χ3n) is 8.95. The Bertz CT molecular complexity index is 2230. The van der Waals surface area contributed by atoms with Crippen LogP contribution in [0.15, 0.2) is 97.1 Å². The normalized spacial score (nSPS) is 12.2. The first-order valence-electron chi connectivity index (χ1n) is 16.2. The maximum Gasteiger partial charge on any atom is 0.432 e. The second-order valence-corrected chi connectivity index (χ2v) is 13.0. The number of hydrogen-bond donors (Lipinski definition) is 0. The summed E-state index contributed by atoms with van der Waals surface area (Å²) in [5.41, 5.74) is -3.29. The van der Waals surface area contributed by atoms with Gasteiger partial charge in [-0.1, -0.05) is 62.4 Å². The van der Waals surface area contributed by atoms with E-state index >= 15 is 0 Å². The summed E-state index contributed by atoms with van der Waals surface area (Å²) in [7, 11) is 0. The summed E-state index contributed by atoms with van der Waals surface area (Å²) < 4.78 is 208. The van der Waals surface area contributed by atoms with E-state index < -0.39 is 98.4 Å². The second kappa shape index (κ2) is 14.8. The van der Waals surface area contributed by atoms with Gasteiger partial charge in [-0.15, -0.1) is 0 Å². The largest absolute Gasteiger partial charge is 0.432 e. The van der Waals surface area contributed by atoms with Crippen molar-refractivity contribution in [2.75, 3.05) is 0 Å². The minimum absolute atomic E-state index is 0.0791. The fraction of sp³-hybridized carbons (Fsp3) is 0.122. The molecule has 0 heterocycles. The quantitative estimate of drug-likeness (QED) is 0.101. The molecule has 6 rings (SSSR count). The minimum Gasteiger partial charge on any atom is -0.429 e. The molecular weight excluding hydrogens is 790 g/mol. The average Bonchev–Trinajstić information content (AvgIpc) is 3.11. The Labute approximate surface area is 313 Å².